The number of hydrogen-bond acceptors (Lipinski definition) is 4. The fourth-order valence-corrected chi connectivity index (χ4v) is 2.03. The molecular formula is C16H23N3O3. The lowest BCUT2D eigenvalue weighted by molar-refractivity contribution is 0.0597. The van der Waals surface area contributed by atoms with E-state index in [9.17, 15) is 4.79 Å². The van der Waals surface area contributed by atoms with Crippen LogP contribution in [-0.4, -0.2) is 38.7 Å². The topological polar surface area (TPSA) is 72.0 Å². The Hall–Kier alpha value is -2.24. The number of methoxy groups -OCH3 is 2. The summed E-state index contributed by atoms with van der Waals surface area (Å²) in [7, 11) is 2.89. The largest absolute Gasteiger partial charge is 0.496 e. The highest BCUT2D eigenvalue weighted by Crippen LogP contribution is 2.21. The predicted molar refractivity (Wildman–Crippen MR) is 85.3 cm³/mol. The van der Waals surface area contributed by atoms with Gasteiger partial charge in [0.15, 0.2) is 5.96 Å². The lowest BCUT2D eigenvalue weighted by Crippen LogP contribution is -2.38. The van der Waals surface area contributed by atoms with E-state index < -0.39 is 5.97 Å². The summed E-state index contributed by atoms with van der Waals surface area (Å²) in [4.78, 5) is 16.3. The van der Waals surface area contributed by atoms with Crippen LogP contribution >= 0.6 is 0 Å². The molecule has 1 fully saturated rings. The first-order valence-electron chi connectivity index (χ1n) is 7.48. The van der Waals surface area contributed by atoms with Gasteiger partial charge in [-0.15, -0.1) is 0 Å². The van der Waals surface area contributed by atoms with Crippen LogP contribution in [0.4, 0.5) is 0 Å². The maximum Gasteiger partial charge on any atom is 0.341 e. The number of ether oxygens (including phenoxy) is 2. The lowest BCUT2D eigenvalue weighted by Gasteiger charge is -2.11. The van der Waals surface area contributed by atoms with Crippen LogP contribution < -0.4 is 15.4 Å². The number of hydrogen-bond donors (Lipinski definition) is 2. The molecule has 0 aromatic heterocycles. The van der Waals surface area contributed by atoms with Gasteiger partial charge in [-0.25, -0.2) is 9.79 Å². The quantitative estimate of drug-likeness (QED) is 0.475. The van der Waals surface area contributed by atoms with E-state index in [1.165, 1.54) is 27.1 Å². The third-order valence-electron chi connectivity index (χ3n) is 3.35. The van der Waals surface area contributed by atoms with Gasteiger partial charge in [0, 0.05) is 12.6 Å². The van der Waals surface area contributed by atoms with E-state index >= 15 is 0 Å². The maximum atomic E-state index is 11.8. The molecule has 0 bridgehead atoms. The smallest absolute Gasteiger partial charge is 0.341 e. The Bertz CT molecular complexity index is 554. The fraction of sp³-hybridized carbons (Fsp3) is 0.500. The summed E-state index contributed by atoms with van der Waals surface area (Å²) in [5.74, 6) is 0.897. The molecular weight excluding hydrogens is 282 g/mol. The van der Waals surface area contributed by atoms with Gasteiger partial charge in [-0.05, 0) is 37.5 Å². The van der Waals surface area contributed by atoms with Crippen LogP contribution in [0.2, 0.25) is 0 Å². The van der Waals surface area contributed by atoms with Gasteiger partial charge in [-0.2, -0.15) is 0 Å². The molecule has 1 saturated carbocycles. The minimum Gasteiger partial charge on any atom is -0.496 e. The number of benzene rings is 1. The standard InChI is InChI=1S/C16H23N3O3/c1-4-17-16(19-12-6-7-12)18-10-11-5-8-14(21-2)13(9-11)15(20)22-3/h5,8-9,12H,4,6-7,10H2,1-3H3,(H2,17,18,19). The van der Waals surface area contributed by atoms with Crippen LogP contribution in [0.3, 0.4) is 0 Å². The van der Waals surface area contributed by atoms with Gasteiger partial charge in [-0.3, -0.25) is 0 Å². The van der Waals surface area contributed by atoms with E-state index in [-0.39, 0.29) is 0 Å². The Morgan fingerprint density at radius 2 is 2.14 bits per heavy atom. The van der Waals surface area contributed by atoms with Crippen molar-refractivity contribution < 1.29 is 14.3 Å². The fourth-order valence-electron chi connectivity index (χ4n) is 2.03. The zero-order valence-electron chi connectivity index (χ0n) is 13.3. The number of aliphatic imine (C=N–C) groups is 1. The van der Waals surface area contributed by atoms with Gasteiger partial charge in [0.1, 0.15) is 11.3 Å². The normalized spacial score (nSPS) is 14.4. The molecule has 0 heterocycles. The van der Waals surface area contributed by atoms with Gasteiger partial charge in [0.25, 0.3) is 0 Å². The molecule has 0 saturated heterocycles. The van der Waals surface area contributed by atoms with E-state index in [4.69, 9.17) is 9.47 Å². The van der Waals surface area contributed by atoms with Crippen molar-refractivity contribution in [3.63, 3.8) is 0 Å². The van der Waals surface area contributed by atoms with E-state index in [0.29, 0.717) is 23.9 Å². The van der Waals surface area contributed by atoms with Crippen molar-refractivity contribution in [2.24, 2.45) is 4.99 Å². The van der Waals surface area contributed by atoms with Gasteiger partial charge >= 0.3 is 5.97 Å². The molecule has 0 radical (unpaired) electrons. The molecule has 0 unspecified atom stereocenters. The van der Waals surface area contributed by atoms with Gasteiger partial charge < -0.3 is 20.1 Å². The van der Waals surface area contributed by atoms with Crippen LogP contribution in [0, 0.1) is 0 Å². The summed E-state index contributed by atoms with van der Waals surface area (Å²) >= 11 is 0. The van der Waals surface area contributed by atoms with Crippen LogP contribution in [-0.2, 0) is 11.3 Å². The van der Waals surface area contributed by atoms with Crippen molar-refractivity contribution in [3.8, 4) is 5.75 Å². The lowest BCUT2D eigenvalue weighted by atomic mass is 10.1. The molecule has 22 heavy (non-hydrogen) atoms. The van der Waals surface area contributed by atoms with E-state index in [1.807, 2.05) is 13.0 Å². The molecule has 0 atom stereocenters. The summed E-state index contributed by atoms with van der Waals surface area (Å²) in [6.45, 7) is 3.33. The molecule has 1 aliphatic rings. The van der Waals surface area contributed by atoms with Crippen molar-refractivity contribution in [2.75, 3.05) is 20.8 Å². The maximum absolute atomic E-state index is 11.8. The summed E-state index contributed by atoms with van der Waals surface area (Å²) < 4.78 is 9.97. The Morgan fingerprint density at radius 1 is 1.36 bits per heavy atom. The monoisotopic (exact) mass is 305 g/mol. The van der Waals surface area contributed by atoms with Crippen molar-refractivity contribution >= 4 is 11.9 Å². The zero-order valence-corrected chi connectivity index (χ0v) is 13.3. The highest BCUT2D eigenvalue weighted by Gasteiger charge is 2.22. The Morgan fingerprint density at radius 3 is 2.73 bits per heavy atom. The second kappa shape index (κ2) is 7.68. The number of nitrogens with zero attached hydrogens (tertiary/aromatic N) is 1. The molecule has 6 heteroatoms. The first-order chi connectivity index (χ1) is 10.7. The number of nitrogens with one attached hydrogen (secondary N) is 2. The zero-order chi connectivity index (χ0) is 15.9. The van der Waals surface area contributed by atoms with Crippen molar-refractivity contribution in [3.05, 3.63) is 29.3 Å². The van der Waals surface area contributed by atoms with E-state index in [1.54, 1.807) is 12.1 Å². The molecule has 1 aromatic carbocycles. The SMILES string of the molecule is CCNC(=NCc1ccc(OC)c(C(=O)OC)c1)NC1CC1. The molecule has 0 aliphatic heterocycles. The van der Waals surface area contributed by atoms with E-state index in [0.717, 1.165) is 18.1 Å². The molecule has 0 amide bonds. The molecule has 120 valence electrons. The average Bonchev–Trinajstić information content (AvgIpc) is 3.35. The molecule has 2 rings (SSSR count). The third kappa shape index (κ3) is 4.38. The summed E-state index contributed by atoms with van der Waals surface area (Å²) in [5.41, 5.74) is 1.34. The Balaban J connectivity index is 2.11. The molecule has 6 nitrogen and oxygen atoms in total. The number of carbonyl (C=O) groups is 1. The van der Waals surface area contributed by atoms with Gasteiger partial charge in [-0.1, -0.05) is 6.07 Å². The van der Waals surface area contributed by atoms with Crippen LogP contribution in [0.1, 0.15) is 35.7 Å². The van der Waals surface area contributed by atoms with E-state index in [2.05, 4.69) is 15.6 Å². The summed E-state index contributed by atoms with van der Waals surface area (Å²) in [6.07, 6.45) is 2.39. The van der Waals surface area contributed by atoms with Gasteiger partial charge in [0.2, 0.25) is 0 Å². The first kappa shape index (κ1) is 16.1. The Kier molecular flexibility index (Phi) is 5.63. The number of rotatable bonds is 6. The molecule has 2 N–H and O–H groups in total. The summed E-state index contributed by atoms with van der Waals surface area (Å²) in [6, 6.07) is 5.96. The van der Waals surface area contributed by atoms with Crippen LogP contribution in [0.5, 0.6) is 5.75 Å². The minimum atomic E-state index is -0.411. The summed E-state index contributed by atoms with van der Waals surface area (Å²) in [5, 5.41) is 6.57. The third-order valence-corrected chi connectivity index (χ3v) is 3.35. The highest BCUT2D eigenvalue weighted by molar-refractivity contribution is 5.92. The average molecular weight is 305 g/mol. The van der Waals surface area contributed by atoms with Crippen molar-refractivity contribution in [1.82, 2.24) is 10.6 Å². The Labute approximate surface area is 130 Å². The predicted octanol–water partition coefficient (Wildman–Crippen LogP) is 1.70. The molecule has 1 aliphatic carbocycles. The molecule has 0 spiro atoms. The number of guanidine groups is 1. The number of esters is 1. The molecule has 1 aromatic rings. The number of carbonyl (C=O) groups excluding carboxylic acids is 1. The van der Waals surface area contributed by atoms with Crippen LogP contribution in [0.15, 0.2) is 23.2 Å². The van der Waals surface area contributed by atoms with Gasteiger partial charge in [0.05, 0.1) is 20.8 Å². The van der Waals surface area contributed by atoms with Crippen molar-refractivity contribution in [1.29, 1.82) is 0 Å². The first-order valence-corrected chi connectivity index (χ1v) is 7.48. The van der Waals surface area contributed by atoms with Crippen molar-refractivity contribution in [2.45, 2.75) is 32.4 Å². The second-order valence-corrected chi connectivity index (χ2v) is 5.14. The van der Waals surface area contributed by atoms with Crippen LogP contribution in [0.25, 0.3) is 0 Å². The second-order valence-electron chi connectivity index (χ2n) is 5.14. The highest BCUT2D eigenvalue weighted by atomic mass is 16.5. The minimum absolute atomic E-state index is 0.411.